The van der Waals surface area contributed by atoms with E-state index in [1.807, 2.05) is 91.0 Å². The van der Waals surface area contributed by atoms with Gasteiger partial charge in [-0.25, -0.2) is 15.0 Å². The summed E-state index contributed by atoms with van der Waals surface area (Å²) in [6.45, 7) is 6.43. The quantitative estimate of drug-likeness (QED) is 0.171. The van der Waals surface area contributed by atoms with E-state index in [0.29, 0.717) is 34.2 Å². The Morgan fingerprint density at radius 1 is 0.446 bits per heavy atom. The molecule has 9 rings (SSSR count). The Kier molecular flexibility index (Phi) is 8.58. The molecule has 0 radical (unpaired) electrons. The number of nitrogens with zero attached hydrogens (tertiary/aromatic N) is 4. The maximum absolute atomic E-state index is 14.1. The number of halogens is 3. The molecule has 7 aromatic carbocycles. The minimum absolute atomic E-state index is 0.348. The fourth-order valence-electron chi connectivity index (χ4n) is 7.94. The number of aryl methyl sites for hydroxylation is 3. The van der Waals surface area contributed by atoms with Crippen LogP contribution >= 0.6 is 0 Å². The zero-order valence-corrected chi connectivity index (χ0v) is 30.9. The van der Waals surface area contributed by atoms with E-state index < -0.39 is 11.7 Å². The summed E-state index contributed by atoms with van der Waals surface area (Å²) in [6, 6.07) is 49.9. The minimum atomic E-state index is -4.51. The molecule has 4 nitrogen and oxygen atoms in total. The van der Waals surface area contributed by atoms with Gasteiger partial charge in [-0.1, -0.05) is 121 Å². The molecule has 0 aliphatic rings. The molecule has 9 aromatic rings. The van der Waals surface area contributed by atoms with Crippen molar-refractivity contribution < 1.29 is 13.2 Å². The summed E-state index contributed by atoms with van der Waals surface area (Å²) in [4.78, 5) is 14.9. The molecule has 0 spiro atoms. The molecule has 7 heteroatoms. The average Bonchev–Trinajstić information content (AvgIpc) is 3.54. The van der Waals surface area contributed by atoms with Crippen molar-refractivity contribution in [1.29, 1.82) is 0 Å². The van der Waals surface area contributed by atoms with E-state index >= 15 is 0 Å². The zero-order chi connectivity index (χ0) is 38.6. The Morgan fingerprint density at radius 2 is 1.04 bits per heavy atom. The van der Waals surface area contributed by atoms with Gasteiger partial charge in [0.2, 0.25) is 0 Å². The Labute approximate surface area is 322 Å². The normalized spacial score (nSPS) is 11.8. The fraction of sp³-hybridized carbons (Fsp3) is 0.0816. The molecular weight excluding hydrogens is 702 g/mol. The molecule has 0 aliphatic carbocycles. The van der Waals surface area contributed by atoms with Crippen LogP contribution in [-0.2, 0) is 6.18 Å². The zero-order valence-electron chi connectivity index (χ0n) is 30.9. The van der Waals surface area contributed by atoms with Crippen molar-refractivity contribution in [3.63, 3.8) is 0 Å². The van der Waals surface area contributed by atoms with Gasteiger partial charge in [-0.2, -0.15) is 13.2 Å². The van der Waals surface area contributed by atoms with Crippen LogP contribution in [-0.4, -0.2) is 19.5 Å². The lowest BCUT2D eigenvalue weighted by Crippen LogP contribution is -2.05. The van der Waals surface area contributed by atoms with E-state index in [0.717, 1.165) is 50.2 Å². The molecule has 2 heterocycles. The van der Waals surface area contributed by atoms with Gasteiger partial charge >= 0.3 is 6.18 Å². The molecule has 0 atom stereocenters. The van der Waals surface area contributed by atoms with Crippen molar-refractivity contribution >= 4 is 21.8 Å². The number of fused-ring (bicyclic) bond motifs is 3. The maximum atomic E-state index is 14.1. The molecule has 0 aliphatic heterocycles. The van der Waals surface area contributed by atoms with Gasteiger partial charge in [0.05, 0.1) is 16.6 Å². The fourth-order valence-corrected chi connectivity index (χ4v) is 7.94. The largest absolute Gasteiger partial charge is 0.416 e. The van der Waals surface area contributed by atoms with Crippen LogP contribution in [0.15, 0.2) is 158 Å². The predicted octanol–water partition coefficient (Wildman–Crippen LogP) is 13.2. The highest BCUT2D eigenvalue weighted by Crippen LogP contribution is 2.41. The van der Waals surface area contributed by atoms with Crippen LogP contribution in [0.4, 0.5) is 13.2 Å². The van der Waals surface area contributed by atoms with E-state index in [-0.39, 0.29) is 0 Å². The van der Waals surface area contributed by atoms with Gasteiger partial charge in [-0.3, -0.25) is 0 Å². The Hall–Kier alpha value is -6.86. The van der Waals surface area contributed by atoms with E-state index in [1.54, 1.807) is 6.07 Å². The van der Waals surface area contributed by atoms with Crippen molar-refractivity contribution in [2.45, 2.75) is 26.9 Å². The smallest absolute Gasteiger partial charge is 0.309 e. The first-order chi connectivity index (χ1) is 27.1. The third-order valence-corrected chi connectivity index (χ3v) is 10.3. The van der Waals surface area contributed by atoms with E-state index in [9.17, 15) is 13.2 Å². The highest BCUT2D eigenvalue weighted by Gasteiger charge is 2.31. The van der Waals surface area contributed by atoms with Gasteiger partial charge < -0.3 is 4.57 Å². The van der Waals surface area contributed by atoms with Gasteiger partial charge in [0, 0.05) is 33.2 Å². The SMILES string of the molecule is Cc1cc(C)c(-c2ccc3c(c2)c2ccccc2n3-c2ccc(-c3cccc(C(F)(F)F)c3)c(-c3nc(-c4ccccc4)nc(-c4ccccc4)n3)c2)c(C)c1. The van der Waals surface area contributed by atoms with Crippen molar-refractivity contribution in [2.75, 3.05) is 0 Å². The van der Waals surface area contributed by atoms with Gasteiger partial charge in [0.1, 0.15) is 0 Å². The summed E-state index contributed by atoms with van der Waals surface area (Å²) in [6.07, 6.45) is -4.51. The number of rotatable bonds is 6. The van der Waals surface area contributed by atoms with Crippen LogP contribution in [0, 0.1) is 20.8 Å². The molecule has 0 N–H and O–H groups in total. The van der Waals surface area contributed by atoms with Crippen LogP contribution in [0.5, 0.6) is 0 Å². The highest BCUT2D eigenvalue weighted by molar-refractivity contribution is 6.10. The minimum Gasteiger partial charge on any atom is -0.309 e. The standard InChI is InChI=1S/C49H35F3N4/c1-30-25-31(2)45(32(3)26-30)36-21-24-44-41(28-36)40-19-10-11-20-43(40)56(44)38-22-23-39(35-17-12-18-37(27-35)49(50,51)52)42(29-38)48-54-46(33-13-6-4-7-14-33)53-47(55-48)34-15-8-5-9-16-34/h4-29H,1-3H3. The first-order valence-corrected chi connectivity index (χ1v) is 18.4. The molecule has 56 heavy (non-hydrogen) atoms. The van der Waals surface area contributed by atoms with Gasteiger partial charge in [-0.05, 0) is 96.6 Å². The number of aromatic nitrogens is 4. The molecular formula is C49H35F3N4. The van der Waals surface area contributed by atoms with Crippen molar-refractivity contribution in [3.05, 3.63) is 180 Å². The summed E-state index contributed by atoms with van der Waals surface area (Å²) < 4.78 is 44.5. The maximum Gasteiger partial charge on any atom is 0.416 e. The number of alkyl halides is 3. The Bertz CT molecular complexity index is 2850. The average molecular weight is 737 g/mol. The van der Waals surface area contributed by atoms with Gasteiger partial charge in [0.15, 0.2) is 17.5 Å². The number of para-hydroxylation sites is 1. The lowest BCUT2D eigenvalue weighted by Gasteiger charge is -2.16. The molecule has 0 bridgehead atoms. The predicted molar refractivity (Wildman–Crippen MR) is 221 cm³/mol. The lowest BCUT2D eigenvalue weighted by atomic mass is 9.93. The van der Waals surface area contributed by atoms with Crippen molar-refractivity contribution in [3.8, 4) is 62.1 Å². The third kappa shape index (κ3) is 6.31. The van der Waals surface area contributed by atoms with Crippen LogP contribution < -0.4 is 0 Å². The summed E-state index contributed by atoms with van der Waals surface area (Å²) in [7, 11) is 0. The van der Waals surface area contributed by atoms with E-state index in [1.165, 1.54) is 34.4 Å². The number of hydrogen-bond acceptors (Lipinski definition) is 3. The third-order valence-electron chi connectivity index (χ3n) is 10.3. The van der Waals surface area contributed by atoms with E-state index in [4.69, 9.17) is 15.0 Å². The second-order valence-corrected chi connectivity index (χ2v) is 14.2. The Balaban J connectivity index is 1.31. The number of benzene rings is 7. The van der Waals surface area contributed by atoms with Gasteiger partial charge in [-0.15, -0.1) is 0 Å². The summed E-state index contributed by atoms with van der Waals surface area (Å²) in [5, 5.41) is 2.19. The summed E-state index contributed by atoms with van der Waals surface area (Å²) in [5.74, 6) is 1.27. The van der Waals surface area contributed by atoms with Crippen molar-refractivity contribution in [2.24, 2.45) is 0 Å². The monoisotopic (exact) mass is 736 g/mol. The molecule has 0 saturated carbocycles. The molecule has 272 valence electrons. The second kappa shape index (κ2) is 13.8. The molecule has 0 amide bonds. The summed E-state index contributed by atoms with van der Waals surface area (Å²) in [5.41, 5.74) is 11.3. The summed E-state index contributed by atoms with van der Waals surface area (Å²) >= 11 is 0. The van der Waals surface area contributed by atoms with Crippen LogP contribution in [0.1, 0.15) is 22.3 Å². The van der Waals surface area contributed by atoms with Crippen molar-refractivity contribution in [1.82, 2.24) is 19.5 Å². The van der Waals surface area contributed by atoms with Crippen LogP contribution in [0.2, 0.25) is 0 Å². The van der Waals surface area contributed by atoms with E-state index in [2.05, 4.69) is 67.8 Å². The lowest BCUT2D eigenvalue weighted by molar-refractivity contribution is -0.137. The molecule has 0 unspecified atom stereocenters. The Morgan fingerprint density at radius 3 is 1.70 bits per heavy atom. The first-order valence-electron chi connectivity index (χ1n) is 18.4. The number of hydrogen-bond donors (Lipinski definition) is 0. The second-order valence-electron chi connectivity index (χ2n) is 14.2. The first kappa shape index (κ1) is 34.9. The van der Waals surface area contributed by atoms with Crippen LogP contribution in [0.3, 0.4) is 0 Å². The molecule has 0 fully saturated rings. The van der Waals surface area contributed by atoms with Crippen LogP contribution in [0.25, 0.3) is 83.9 Å². The molecule has 2 aromatic heterocycles. The topological polar surface area (TPSA) is 43.6 Å². The highest BCUT2D eigenvalue weighted by atomic mass is 19.4. The van der Waals surface area contributed by atoms with Gasteiger partial charge in [0.25, 0.3) is 0 Å². The molecule has 0 saturated heterocycles.